The van der Waals surface area contributed by atoms with Crippen LogP contribution in [0.5, 0.6) is 0 Å². The van der Waals surface area contributed by atoms with Gasteiger partial charge in [-0.1, -0.05) is 0 Å². The fourth-order valence-corrected chi connectivity index (χ4v) is 1.79. The maximum absolute atomic E-state index is 5.23. The minimum Gasteiger partial charge on any atom is -0.381 e. The minimum absolute atomic E-state index is 0.405. The van der Waals surface area contributed by atoms with E-state index in [2.05, 4.69) is 20.6 Å². The quantitative estimate of drug-likeness (QED) is 0.790. The first-order valence-electron chi connectivity index (χ1n) is 5.67. The Labute approximate surface area is 95.6 Å². The second-order valence-corrected chi connectivity index (χ2v) is 3.99. The Morgan fingerprint density at radius 3 is 2.81 bits per heavy atom. The lowest BCUT2D eigenvalue weighted by atomic mass is 9.89. The van der Waals surface area contributed by atoms with Crippen molar-refractivity contribution in [3.05, 3.63) is 12.4 Å². The van der Waals surface area contributed by atoms with Crippen LogP contribution in [0.15, 0.2) is 12.4 Å². The van der Waals surface area contributed by atoms with Gasteiger partial charge in [-0.15, -0.1) is 0 Å². The summed E-state index contributed by atoms with van der Waals surface area (Å²) in [6.07, 6.45) is 5.98. The fourth-order valence-electron chi connectivity index (χ4n) is 1.79. The van der Waals surface area contributed by atoms with Gasteiger partial charge in [-0.05, 0) is 19.8 Å². The number of rotatable bonds is 5. The zero-order chi connectivity index (χ0) is 11.4. The van der Waals surface area contributed by atoms with Gasteiger partial charge in [0.1, 0.15) is 11.6 Å². The molecule has 0 amide bonds. The highest BCUT2D eigenvalue weighted by Gasteiger charge is 2.28. The van der Waals surface area contributed by atoms with Gasteiger partial charge in [0.15, 0.2) is 0 Å². The van der Waals surface area contributed by atoms with E-state index in [4.69, 9.17) is 4.74 Å². The molecule has 5 heteroatoms. The lowest BCUT2D eigenvalue weighted by Crippen LogP contribution is -2.40. The van der Waals surface area contributed by atoms with Gasteiger partial charge in [-0.2, -0.15) is 0 Å². The summed E-state index contributed by atoms with van der Waals surface area (Å²) in [5.41, 5.74) is 0. The first-order chi connectivity index (χ1) is 7.81. The molecule has 1 aliphatic carbocycles. The summed E-state index contributed by atoms with van der Waals surface area (Å²) < 4.78 is 5.23. The van der Waals surface area contributed by atoms with Crippen LogP contribution in [0.3, 0.4) is 0 Å². The molecule has 5 nitrogen and oxygen atoms in total. The van der Waals surface area contributed by atoms with Gasteiger partial charge in [-0.3, -0.25) is 4.98 Å². The third kappa shape index (κ3) is 2.61. The summed E-state index contributed by atoms with van der Waals surface area (Å²) in [7, 11) is 1.76. The minimum atomic E-state index is 0.405. The molecule has 0 saturated heterocycles. The molecule has 1 fully saturated rings. The summed E-state index contributed by atoms with van der Waals surface area (Å²) in [6.45, 7) is 2.89. The van der Waals surface area contributed by atoms with Crippen molar-refractivity contribution in [3.63, 3.8) is 0 Å². The summed E-state index contributed by atoms with van der Waals surface area (Å²) in [6, 6.07) is 0.469. The molecule has 1 saturated carbocycles. The highest BCUT2D eigenvalue weighted by molar-refractivity contribution is 5.42. The largest absolute Gasteiger partial charge is 0.381 e. The molecule has 1 aromatic heterocycles. The van der Waals surface area contributed by atoms with Gasteiger partial charge in [0, 0.05) is 19.7 Å². The van der Waals surface area contributed by atoms with E-state index in [1.54, 1.807) is 19.5 Å². The number of nitrogens with zero attached hydrogens (tertiary/aromatic N) is 2. The lowest BCUT2D eigenvalue weighted by Gasteiger charge is -2.34. The molecule has 0 unspecified atom stereocenters. The lowest BCUT2D eigenvalue weighted by molar-refractivity contribution is 0.0328. The molecule has 88 valence electrons. The Morgan fingerprint density at radius 2 is 2.12 bits per heavy atom. The predicted molar refractivity (Wildman–Crippen MR) is 63.6 cm³/mol. The molecule has 16 heavy (non-hydrogen) atoms. The summed E-state index contributed by atoms with van der Waals surface area (Å²) >= 11 is 0. The number of methoxy groups -OCH3 is 1. The fraction of sp³-hybridized carbons (Fsp3) is 0.636. The first kappa shape index (κ1) is 11.1. The molecular weight excluding hydrogens is 204 g/mol. The third-order valence-corrected chi connectivity index (χ3v) is 2.77. The van der Waals surface area contributed by atoms with E-state index in [-0.39, 0.29) is 0 Å². The second kappa shape index (κ2) is 5.12. The van der Waals surface area contributed by atoms with Crippen molar-refractivity contribution in [2.75, 3.05) is 24.3 Å². The molecule has 1 aliphatic rings. The monoisotopic (exact) mass is 222 g/mol. The van der Waals surface area contributed by atoms with Crippen LogP contribution < -0.4 is 10.6 Å². The maximum atomic E-state index is 5.23. The zero-order valence-corrected chi connectivity index (χ0v) is 9.73. The predicted octanol–water partition coefficient (Wildman–Crippen LogP) is 1.50. The van der Waals surface area contributed by atoms with Crippen LogP contribution in [-0.2, 0) is 4.74 Å². The van der Waals surface area contributed by atoms with Crippen LogP contribution in [-0.4, -0.2) is 35.8 Å². The van der Waals surface area contributed by atoms with Crippen LogP contribution in [0.1, 0.15) is 19.8 Å². The number of hydrogen-bond acceptors (Lipinski definition) is 5. The van der Waals surface area contributed by atoms with Gasteiger partial charge in [0.25, 0.3) is 0 Å². The van der Waals surface area contributed by atoms with E-state index in [0.29, 0.717) is 12.1 Å². The standard InChI is InChI=1S/C11H18N4O/c1-3-13-10-6-12-7-11(15-10)14-8-4-9(5-8)16-2/h6-9H,3-5H2,1-2H3,(H2,13,14,15). The highest BCUT2D eigenvalue weighted by Crippen LogP contribution is 2.25. The maximum Gasteiger partial charge on any atom is 0.147 e. The van der Waals surface area contributed by atoms with E-state index < -0.39 is 0 Å². The molecule has 1 heterocycles. The van der Waals surface area contributed by atoms with Crippen molar-refractivity contribution in [1.29, 1.82) is 0 Å². The molecule has 0 radical (unpaired) electrons. The zero-order valence-electron chi connectivity index (χ0n) is 9.73. The molecule has 2 rings (SSSR count). The van der Waals surface area contributed by atoms with Crippen LogP contribution >= 0.6 is 0 Å². The van der Waals surface area contributed by atoms with Gasteiger partial charge in [0.2, 0.25) is 0 Å². The number of nitrogens with one attached hydrogen (secondary N) is 2. The Bertz CT molecular complexity index is 339. The SMILES string of the molecule is CCNc1cncc(NC2CC(OC)C2)n1. The van der Waals surface area contributed by atoms with E-state index in [0.717, 1.165) is 31.0 Å². The Morgan fingerprint density at radius 1 is 1.38 bits per heavy atom. The van der Waals surface area contributed by atoms with Gasteiger partial charge in [0.05, 0.1) is 18.5 Å². The summed E-state index contributed by atoms with van der Waals surface area (Å²) in [4.78, 5) is 8.54. The molecular formula is C11H18N4O. The van der Waals surface area contributed by atoms with E-state index in [1.807, 2.05) is 6.92 Å². The van der Waals surface area contributed by atoms with E-state index >= 15 is 0 Å². The van der Waals surface area contributed by atoms with Crippen molar-refractivity contribution in [1.82, 2.24) is 9.97 Å². The van der Waals surface area contributed by atoms with Gasteiger partial charge < -0.3 is 15.4 Å². The van der Waals surface area contributed by atoms with Gasteiger partial charge >= 0.3 is 0 Å². The molecule has 2 N–H and O–H groups in total. The molecule has 0 atom stereocenters. The van der Waals surface area contributed by atoms with Crippen molar-refractivity contribution in [2.24, 2.45) is 0 Å². The van der Waals surface area contributed by atoms with Crippen LogP contribution in [0.25, 0.3) is 0 Å². The number of hydrogen-bond donors (Lipinski definition) is 2. The van der Waals surface area contributed by atoms with Crippen LogP contribution in [0.2, 0.25) is 0 Å². The van der Waals surface area contributed by atoms with Crippen molar-refractivity contribution in [3.8, 4) is 0 Å². The Balaban J connectivity index is 1.87. The normalized spacial score (nSPS) is 23.6. The highest BCUT2D eigenvalue weighted by atomic mass is 16.5. The first-order valence-corrected chi connectivity index (χ1v) is 5.67. The van der Waals surface area contributed by atoms with Crippen LogP contribution in [0, 0.1) is 0 Å². The Kier molecular flexibility index (Phi) is 3.56. The third-order valence-electron chi connectivity index (χ3n) is 2.77. The molecule has 0 bridgehead atoms. The molecule has 1 aromatic rings. The molecule has 0 spiro atoms. The summed E-state index contributed by atoms with van der Waals surface area (Å²) in [5, 5.41) is 6.49. The Hall–Kier alpha value is -1.36. The molecule has 0 aromatic carbocycles. The van der Waals surface area contributed by atoms with Crippen molar-refractivity contribution >= 4 is 11.6 Å². The van der Waals surface area contributed by atoms with Gasteiger partial charge in [-0.25, -0.2) is 4.98 Å². The smallest absolute Gasteiger partial charge is 0.147 e. The van der Waals surface area contributed by atoms with Crippen molar-refractivity contribution in [2.45, 2.75) is 31.9 Å². The average Bonchev–Trinajstić information content (AvgIpc) is 2.24. The topological polar surface area (TPSA) is 59.1 Å². The average molecular weight is 222 g/mol. The van der Waals surface area contributed by atoms with E-state index in [1.165, 1.54) is 0 Å². The second-order valence-electron chi connectivity index (χ2n) is 3.99. The number of aromatic nitrogens is 2. The number of ether oxygens (including phenoxy) is 1. The van der Waals surface area contributed by atoms with E-state index in [9.17, 15) is 0 Å². The van der Waals surface area contributed by atoms with Crippen molar-refractivity contribution < 1.29 is 4.74 Å². The summed E-state index contributed by atoms with van der Waals surface area (Å²) in [5.74, 6) is 1.65. The molecule has 0 aliphatic heterocycles. The number of anilines is 2. The van der Waals surface area contributed by atoms with Crippen LogP contribution in [0.4, 0.5) is 11.6 Å².